The number of methoxy groups -OCH3 is 1. The fraction of sp³-hybridized carbons (Fsp3) is 0.263. The maximum Gasteiger partial charge on any atom is 0.252 e. The summed E-state index contributed by atoms with van der Waals surface area (Å²) in [5.41, 5.74) is 1.84. The van der Waals surface area contributed by atoms with E-state index >= 15 is 0 Å². The summed E-state index contributed by atoms with van der Waals surface area (Å²) in [4.78, 5) is 17.3. The summed E-state index contributed by atoms with van der Waals surface area (Å²) in [6, 6.07) is 13.4. The molecule has 25 heavy (non-hydrogen) atoms. The van der Waals surface area contributed by atoms with Crippen LogP contribution in [0.15, 0.2) is 47.5 Å². The Balaban J connectivity index is 1.93. The summed E-state index contributed by atoms with van der Waals surface area (Å²) in [5.74, 6) is 1.35. The van der Waals surface area contributed by atoms with Gasteiger partial charge in [0.25, 0.3) is 5.91 Å². The molecule has 0 saturated heterocycles. The van der Waals surface area contributed by atoms with Crippen molar-refractivity contribution in [1.29, 1.82) is 0 Å². The number of aryl methyl sites for hydroxylation is 1. The first-order valence-corrected chi connectivity index (χ1v) is 8.86. The van der Waals surface area contributed by atoms with Gasteiger partial charge in [0.05, 0.1) is 24.8 Å². The number of fused-ring (bicyclic) bond motifs is 1. The molecular formula is C19H20N2O3S. The van der Waals surface area contributed by atoms with Crippen LogP contribution in [-0.2, 0) is 18.3 Å². The SMILES string of the molecule is CCOc1cccc2sc(=NC(=O)Cc3cccc(OC)c3)n(C)c12. The van der Waals surface area contributed by atoms with Crippen molar-refractivity contribution in [2.45, 2.75) is 13.3 Å². The zero-order valence-corrected chi connectivity index (χ0v) is 15.3. The highest BCUT2D eigenvalue weighted by Crippen LogP contribution is 2.26. The van der Waals surface area contributed by atoms with Crippen molar-refractivity contribution in [3.05, 3.63) is 52.8 Å². The van der Waals surface area contributed by atoms with Gasteiger partial charge in [-0.15, -0.1) is 0 Å². The van der Waals surface area contributed by atoms with Gasteiger partial charge in [-0.3, -0.25) is 4.79 Å². The molecule has 3 aromatic rings. The third-order valence-corrected chi connectivity index (χ3v) is 4.89. The van der Waals surface area contributed by atoms with E-state index in [0.717, 1.165) is 27.3 Å². The number of amides is 1. The molecule has 1 heterocycles. The summed E-state index contributed by atoms with van der Waals surface area (Å²) in [7, 11) is 3.51. The number of thiazole rings is 1. The molecule has 0 aliphatic carbocycles. The van der Waals surface area contributed by atoms with Gasteiger partial charge in [0.1, 0.15) is 17.0 Å². The minimum atomic E-state index is -0.187. The quantitative estimate of drug-likeness (QED) is 0.705. The second-order valence-corrected chi connectivity index (χ2v) is 6.52. The van der Waals surface area contributed by atoms with Gasteiger partial charge in [-0.2, -0.15) is 4.99 Å². The summed E-state index contributed by atoms with van der Waals surface area (Å²) >= 11 is 1.48. The minimum absolute atomic E-state index is 0.187. The zero-order valence-electron chi connectivity index (χ0n) is 14.5. The predicted molar refractivity (Wildman–Crippen MR) is 99.2 cm³/mol. The van der Waals surface area contributed by atoms with Crippen molar-refractivity contribution in [3.8, 4) is 11.5 Å². The van der Waals surface area contributed by atoms with Crippen LogP contribution >= 0.6 is 11.3 Å². The first kappa shape index (κ1) is 17.2. The molecule has 6 heteroatoms. The number of rotatable bonds is 5. The van der Waals surface area contributed by atoms with Crippen LogP contribution in [0.1, 0.15) is 12.5 Å². The number of benzene rings is 2. The number of nitrogens with zero attached hydrogens (tertiary/aromatic N) is 2. The summed E-state index contributed by atoms with van der Waals surface area (Å²) in [6.45, 7) is 2.55. The highest BCUT2D eigenvalue weighted by molar-refractivity contribution is 7.16. The summed E-state index contributed by atoms with van der Waals surface area (Å²) in [6.07, 6.45) is 0.240. The van der Waals surface area contributed by atoms with Crippen LogP contribution in [-0.4, -0.2) is 24.2 Å². The maximum absolute atomic E-state index is 12.4. The Morgan fingerprint density at radius 2 is 2.04 bits per heavy atom. The van der Waals surface area contributed by atoms with E-state index in [1.165, 1.54) is 11.3 Å². The molecule has 0 atom stereocenters. The average molecular weight is 356 g/mol. The molecule has 0 saturated carbocycles. The van der Waals surface area contributed by atoms with Crippen molar-refractivity contribution in [3.63, 3.8) is 0 Å². The van der Waals surface area contributed by atoms with Crippen molar-refractivity contribution in [2.75, 3.05) is 13.7 Å². The number of hydrogen-bond donors (Lipinski definition) is 0. The molecule has 2 aromatic carbocycles. The van der Waals surface area contributed by atoms with Crippen molar-refractivity contribution < 1.29 is 14.3 Å². The third-order valence-electron chi connectivity index (χ3n) is 3.80. The number of carbonyl (C=O) groups is 1. The normalized spacial score (nSPS) is 11.7. The maximum atomic E-state index is 12.4. The molecular weight excluding hydrogens is 336 g/mol. The van der Waals surface area contributed by atoms with Gasteiger partial charge in [0.2, 0.25) is 0 Å². The molecule has 0 radical (unpaired) electrons. The van der Waals surface area contributed by atoms with Crippen LogP contribution < -0.4 is 14.3 Å². The fourth-order valence-electron chi connectivity index (χ4n) is 2.65. The first-order valence-electron chi connectivity index (χ1n) is 8.04. The Kier molecular flexibility index (Phi) is 5.19. The molecule has 0 spiro atoms. The molecule has 0 aliphatic heterocycles. The smallest absolute Gasteiger partial charge is 0.252 e. The number of ether oxygens (including phenoxy) is 2. The van der Waals surface area contributed by atoms with Gasteiger partial charge in [-0.05, 0) is 36.8 Å². The van der Waals surface area contributed by atoms with E-state index < -0.39 is 0 Å². The monoisotopic (exact) mass is 356 g/mol. The van der Waals surface area contributed by atoms with Crippen molar-refractivity contribution in [2.24, 2.45) is 12.0 Å². The Morgan fingerprint density at radius 3 is 2.80 bits per heavy atom. The van der Waals surface area contributed by atoms with Gasteiger partial charge in [0, 0.05) is 7.05 Å². The van der Waals surface area contributed by atoms with Crippen molar-refractivity contribution in [1.82, 2.24) is 4.57 Å². The summed E-state index contributed by atoms with van der Waals surface area (Å²) < 4.78 is 13.8. The zero-order chi connectivity index (χ0) is 17.8. The molecule has 130 valence electrons. The standard InChI is InChI=1S/C19H20N2O3S/c1-4-24-15-9-6-10-16-18(15)21(2)19(25-16)20-17(22)12-13-7-5-8-14(11-13)23-3/h5-11H,4,12H2,1-3H3. The second-order valence-electron chi connectivity index (χ2n) is 5.51. The highest BCUT2D eigenvalue weighted by atomic mass is 32.1. The van der Waals surface area contributed by atoms with Crippen LogP contribution in [0.2, 0.25) is 0 Å². The molecule has 0 fully saturated rings. The van der Waals surface area contributed by atoms with Crippen LogP contribution in [0.3, 0.4) is 0 Å². The lowest BCUT2D eigenvalue weighted by Crippen LogP contribution is -2.14. The molecule has 1 amide bonds. The van der Waals surface area contributed by atoms with E-state index in [9.17, 15) is 4.79 Å². The summed E-state index contributed by atoms with van der Waals surface area (Å²) in [5, 5.41) is 0. The lowest BCUT2D eigenvalue weighted by atomic mass is 10.1. The Morgan fingerprint density at radius 1 is 1.24 bits per heavy atom. The van der Waals surface area contributed by atoms with Gasteiger partial charge in [0.15, 0.2) is 4.80 Å². The van der Waals surface area contributed by atoms with E-state index in [1.54, 1.807) is 7.11 Å². The number of aromatic nitrogens is 1. The molecule has 1 aromatic heterocycles. The molecule has 3 rings (SSSR count). The largest absolute Gasteiger partial charge is 0.497 e. The second kappa shape index (κ2) is 7.53. The van der Waals surface area contributed by atoms with Crippen LogP contribution in [0.25, 0.3) is 10.2 Å². The lowest BCUT2D eigenvalue weighted by Gasteiger charge is -2.05. The molecule has 0 N–H and O–H groups in total. The van der Waals surface area contributed by atoms with Gasteiger partial charge < -0.3 is 14.0 Å². The van der Waals surface area contributed by atoms with Crippen LogP contribution in [0.4, 0.5) is 0 Å². The Hall–Kier alpha value is -2.60. The highest BCUT2D eigenvalue weighted by Gasteiger charge is 2.10. The van der Waals surface area contributed by atoms with Gasteiger partial charge in [-0.1, -0.05) is 29.5 Å². The van der Waals surface area contributed by atoms with E-state index in [-0.39, 0.29) is 12.3 Å². The van der Waals surface area contributed by atoms with Gasteiger partial charge in [-0.25, -0.2) is 0 Å². The predicted octanol–water partition coefficient (Wildman–Crippen LogP) is 3.32. The van der Waals surface area contributed by atoms with Crippen LogP contribution in [0, 0.1) is 0 Å². The van der Waals surface area contributed by atoms with E-state index in [1.807, 2.05) is 61.0 Å². The fourth-order valence-corrected chi connectivity index (χ4v) is 3.70. The molecule has 0 bridgehead atoms. The number of hydrogen-bond acceptors (Lipinski definition) is 4. The van der Waals surface area contributed by atoms with Crippen molar-refractivity contribution >= 4 is 27.5 Å². The lowest BCUT2D eigenvalue weighted by molar-refractivity contribution is -0.117. The molecule has 0 unspecified atom stereocenters. The third kappa shape index (κ3) is 3.74. The van der Waals surface area contributed by atoms with Gasteiger partial charge >= 0.3 is 0 Å². The van der Waals surface area contributed by atoms with E-state index in [2.05, 4.69) is 4.99 Å². The molecule has 0 aliphatic rings. The average Bonchev–Trinajstić information content (AvgIpc) is 2.92. The number of carbonyl (C=O) groups excluding carboxylic acids is 1. The topological polar surface area (TPSA) is 52.8 Å². The Bertz CT molecular complexity index is 972. The van der Waals surface area contributed by atoms with E-state index in [0.29, 0.717) is 11.4 Å². The van der Waals surface area contributed by atoms with E-state index in [4.69, 9.17) is 9.47 Å². The number of para-hydroxylation sites is 1. The first-order chi connectivity index (χ1) is 12.1. The molecule has 5 nitrogen and oxygen atoms in total. The van der Waals surface area contributed by atoms with Crippen LogP contribution in [0.5, 0.6) is 11.5 Å². The Labute approximate surface area is 150 Å². The minimum Gasteiger partial charge on any atom is -0.497 e.